The molecule has 7 heteroatoms. The first-order valence-corrected chi connectivity index (χ1v) is 11.9. The number of rotatable bonds is 10. The molecule has 32 heavy (non-hydrogen) atoms. The zero-order chi connectivity index (χ0) is 23.0. The summed E-state index contributed by atoms with van der Waals surface area (Å²) >= 11 is 0. The van der Waals surface area contributed by atoms with E-state index in [4.69, 9.17) is 4.74 Å². The second-order valence-corrected chi connectivity index (χ2v) is 9.28. The smallest absolute Gasteiger partial charge is 0.241 e. The van der Waals surface area contributed by atoms with Crippen molar-refractivity contribution in [1.82, 2.24) is 10.0 Å². The maximum absolute atomic E-state index is 12.9. The highest BCUT2D eigenvalue weighted by Gasteiger charge is 2.26. The predicted octanol–water partition coefficient (Wildman–Crippen LogP) is 3.25. The summed E-state index contributed by atoms with van der Waals surface area (Å²) in [5, 5.41) is 2.87. The molecule has 1 amide bonds. The van der Waals surface area contributed by atoms with E-state index in [2.05, 4.69) is 10.0 Å². The van der Waals surface area contributed by atoms with Crippen molar-refractivity contribution in [3.05, 3.63) is 95.6 Å². The van der Waals surface area contributed by atoms with E-state index in [9.17, 15) is 13.2 Å². The molecule has 1 unspecified atom stereocenters. The molecule has 3 rings (SSSR count). The minimum atomic E-state index is -3.85. The van der Waals surface area contributed by atoms with Crippen LogP contribution in [0.3, 0.4) is 0 Å². The number of ether oxygens (including phenoxy) is 1. The molecule has 0 spiro atoms. The molecule has 1 atom stereocenters. The molecule has 0 saturated carbocycles. The zero-order valence-electron chi connectivity index (χ0n) is 18.2. The lowest BCUT2D eigenvalue weighted by Crippen LogP contribution is -2.48. The first kappa shape index (κ1) is 23.5. The van der Waals surface area contributed by atoms with Crippen LogP contribution in [0.2, 0.25) is 0 Å². The van der Waals surface area contributed by atoms with Crippen LogP contribution < -0.4 is 14.8 Å². The molecule has 0 aliphatic heterocycles. The Kier molecular flexibility index (Phi) is 8.03. The van der Waals surface area contributed by atoms with Crippen LogP contribution in [0.5, 0.6) is 5.75 Å². The average molecular weight is 453 g/mol. The van der Waals surface area contributed by atoms with Crippen molar-refractivity contribution in [2.75, 3.05) is 13.7 Å². The molecule has 168 valence electrons. The molecular formula is C25H28N2O4S. The van der Waals surface area contributed by atoms with Crippen LogP contribution >= 0.6 is 0 Å². The van der Waals surface area contributed by atoms with Gasteiger partial charge in [0, 0.05) is 6.54 Å². The minimum Gasteiger partial charge on any atom is -0.497 e. The molecule has 0 aromatic heterocycles. The molecule has 0 fully saturated rings. The number of hydrogen-bond donors (Lipinski definition) is 2. The number of methoxy groups -OCH3 is 1. The number of benzene rings is 3. The van der Waals surface area contributed by atoms with Gasteiger partial charge in [-0.2, -0.15) is 4.72 Å². The van der Waals surface area contributed by atoms with Gasteiger partial charge in [-0.05, 0) is 55.2 Å². The van der Waals surface area contributed by atoms with Crippen LogP contribution in [0.15, 0.2) is 83.8 Å². The summed E-state index contributed by atoms with van der Waals surface area (Å²) in [5.74, 6) is 0.407. The van der Waals surface area contributed by atoms with Gasteiger partial charge in [0.25, 0.3) is 0 Å². The summed E-state index contributed by atoms with van der Waals surface area (Å²) < 4.78 is 33.5. The molecule has 3 aromatic rings. The number of carbonyl (C=O) groups excluding carboxylic acids is 1. The van der Waals surface area contributed by atoms with Crippen molar-refractivity contribution in [1.29, 1.82) is 0 Å². The van der Waals surface area contributed by atoms with Gasteiger partial charge in [0.05, 0.1) is 12.0 Å². The van der Waals surface area contributed by atoms with Gasteiger partial charge in [-0.25, -0.2) is 8.42 Å². The molecular weight excluding hydrogens is 424 g/mol. The number of hydrogen-bond acceptors (Lipinski definition) is 4. The van der Waals surface area contributed by atoms with E-state index in [0.29, 0.717) is 13.0 Å². The van der Waals surface area contributed by atoms with Crippen molar-refractivity contribution in [3.8, 4) is 5.75 Å². The fourth-order valence-electron chi connectivity index (χ4n) is 3.26. The second-order valence-electron chi connectivity index (χ2n) is 7.57. The normalized spacial score (nSPS) is 12.2. The van der Waals surface area contributed by atoms with Gasteiger partial charge in [-0.15, -0.1) is 0 Å². The molecule has 6 nitrogen and oxygen atoms in total. The Labute approximate surface area is 189 Å². The molecule has 0 saturated heterocycles. The summed E-state index contributed by atoms with van der Waals surface area (Å²) in [4.78, 5) is 13.1. The lowest BCUT2D eigenvalue weighted by atomic mass is 10.1. The number of aryl methyl sites for hydroxylation is 1. The fraction of sp³-hybridized carbons (Fsp3) is 0.240. The van der Waals surface area contributed by atoms with Crippen molar-refractivity contribution in [2.24, 2.45) is 0 Å². The predicted molar refractivity (Wildman–Crippen MR) is 125 cm³/mol. The molecule has 0 aliphatic carbocycles. The van der Waals surface area contributed by atoms with Crippen LogP contribution in [0.25, 0.3) is 0 Å². The van der Waals surface area contributed by atoms with Crippen LogP contribution in [0.1, 0.15) is 16.7 Å². The SMILES string of the molecule is COc1ccc(CCNC(=O)C(Cc2ccccc2)NS(=O)(=O)c2ccc(C)cc2)cc1. The first-order valence-electron chi connectivity index (χ1n) is 10.4. The lowest BCUT2D eigenvalue weighted by Gasteiger charge is -2.19. The van der Waals surface area contributed by atoms with Gasteiger partial charge < -0.3 is 10.1 Å². The Morgan fingerprint density at radius 3 is 2.19 bits per heavy atom. The highest BCUT2D eigenvalue weighted by Crippen LogP contribution is 2.13. The Bertz CT molecular complexity index is 1110. The van der Waals surface area contributed by atoms with E-state index < -0.39 is 16.1 Å². The monoisotopic (exact) mass is 452 g/mol. The van der Waals surface area contributed by atoms with E-state index in [-0.39, 0.29) is 17.2 Å². The standard InChI is InChI=1S/C25H28N2O4S/c1-19-8-14-23(15-9-19)32(29,30)27-24(18-21-6-4-3-5-7-21)25(28)26-17-16-20-10-12-22(31-2)13-11-20/h3-15,24,27H,16-18H2,1-2H3,(H,26,28). The van der Waals surface area contributed by atoms with Crippen LogP contribution in [-0.4, -0.2) is 34.0 Å². The Morgan fingerprint density at radius 1 is 0.906 bits per heavy atom. The highest BCUT2D eigenvalue weighted by molar-refractivity contribution is 7.89. The molecule has 0 heterocycles. The van der Waals surface area contributed by atoms with Gasteiger partial charge in [-0.1, -0.05) is 60.2 Å². The van der Waals surface area contributed by atoms with Crippen LogP contribution in [0, 0.1) is 6.92 Å². The molecule has 2 N–H and O–H groups in total. The molecule has 3 aromatic carbocycles. The van der Waals surface area contributed by atoms with E-state index in [1.165, 1.54) is 0 Å². The number of sulfonamides is 1. The van der Waals surface area contributed by atoms with Crippen LogP contribution in [0.4, 0.5) is 0 Å². The lowest BCUT2D eigenvalue weighted by molar-refractivity contribution is -0.122. The van der Waals surface area contributed by atoms with E-state index >= 15 is 0 Å². The highest BCUT2D eigenvalue weighted by atomic mass is 32.2. The van der Waals surface area contributed by atoms with Crippen molar-refractivity contribution in [3.63, 3.8) is 0 Å². The Morgan fingerprint density at radius 2 is 1.56 bits per heavy atom. The fourth-order valence-corrected chi connectivity index (χ4v) is 4.45. The van der Waals surface area contributed by atoms with Gasteiger partial charge in [0.2, 0.25) is 15.9 Å². The van der Waals surface area contributed by atoms with E-state index in [0.717, 1.165) is 22.4 Å². The molecule has 0 bridgehead atoms. The quantitative estimate of drug-likeness (QED) is 0.495. The number of amides is 1. The largest absolute Gasteiger partial charge is 0.497 e. The topological polar surface area (TPSA) is 84.5 Å². The second kappa shape index (κ2) is 10.9. The maximum Gasteiger partial charge on any atom is 0.241 e. The number of carbonyl (C=O) groups is 1. The van der Waals surface area contributed by atoms with E-state index in [1.54, 1.807) is 31.4 Å². The van der Waals surface area contributed by atoms with Crippen molar-refractivity contribution >= 4 is 15.9 Å². The maximum atomic E-state index is 12.9. The zero-order valence-corrected chi connectivity index (χ0v) is 19.1. The Hall–Kier alpha value is -3.16. The summed E-state index contributed by atoms with van der Waals surface area (Å²) in [6.45, 7) is 2.28. The summed E-state index contributed by atoms with van der Waals surface area (Å²) in [7, 11) is -2.24. The van der Waals surface area contributed by atoms with Gasteiger partial charge >= 0.3 is 0 Å². The first-order chi connectivity index (χ1) is 15.4. The van der Waals surface area contributed by atoms with Crippen molar-refractivity contribution in [2.45, 2.75) is 30.7 Å². The Balaban J connectivity index is 1.69. The third kappa shape index (κ3) is 6.67. The number of nitrogens with one attached hydrogen (secondary N) is 2. The van der Waals surface area contributed by atoms with E-state index in [1.807, 2.05) is 61.5 Å². The van der Waals surface area contributed by atoms with Crippen molar-refractivity contribution < 1.29 is 17.9 Å². The third-order valence-electron chi connectivity index (χ3n) is 5.10. The summed E-state index contributed by atoms with van der Waals surface area (Å²) in [5.41, 5.74) is 2.88. The molecule has 0 radical (unpaired) electrons. The van der Waals surface area contributed by atoms with Crippen LogP contribution in [-0.2, 0) is 27.7 Å². The third-order valence-corrected chi connectivity index (χ3v) is 6.59. The van der Waals surface area contributed by atoms with Gasteiger partial charge in [-0.3, -0.25) is 4.79 Å². The summed E-state index contributed by atoms with van der Waals surface area (Å²) in [6, 6.07) is 22.6. The minimum absolute atomic E-state index is 0.132. The molecule has 0 aliphatic rings. The average Bonchev–Trinajstić information content (AvgIpc) is 2.80. The van der Waals surface area contributed by atoms with Gasteiger partial charge in [0.1, 0.15) is 11.8 Å². The van der Waals surface area contributed by atoms with Gasteiger partial charge in [0.15, 0.2) is 0 Å². The summed E-state index contributed by atoms with van der Waals surface area (Å²) in [6.07, 6.45) is 0.874.